The van der Waals surface area contributed by atoms with Crippen molar-refractivity contribution in [2.45, 2.75) is 43.5 Å². The molecule has 1 amide bonds. The van der Waals surface area contributed by atoms with E-state index < -0.39 is 0 Å². The van der Waals surface area contributed by atoms with Gasteiger partial charge in [0.05, 0.1) is 6.04 Å². The van der Waals surface area contributed by atoms with Gasteiger partial charge >= 0.3 is 0 Å². The van der Waals surface area contributed by atoms with Crippen LogP contribution < -0.4 is 10.6 Å². The van der Waals surface area contributed by atoms with E-state index in [-0.39, 0.29) is 11.9 Å². The third kappa shape index (κ3) is 3.62. The highest BCUT2D eigenvalue weighted by Gasteiger charge is 2.28. The minimum absolute atomic E-state index is 0.0143. The molecule has 0 radical (unpaired) electrons. The first-order valence-corrected chi connectivity index (χ1v) is 8.27. The minimum atomic E-state index is 0.0143. The van der Waals surface area contributed by atoms with Gasteiger partial charge in [-0.3, -0.25) is 9.69 Å². The standard InChI is InChI=1S/C13H25N3OS/c1-10(16-7-5-14-6-8-16)13(17)15-11-3-4-12(9-11)18-2/h10-12,14H,3-9H2,1-2H3,(H,15,17). The predicted octanol–water partition coefficient (Wildman–Crippen LogP) is 0.680. The summed E-state index contributed by atoms with van der Waals surface area (Å²) in [5.74, 6) is 0.212. The summed E-state index contributed by atoms with van der Waals surface area (Å²) in [5, 5.41) is 7.29. The first-order valence-electron chi connectivity index (χ1n) is 6.98. The number of nitrogens with zero attached hydrogens (tertiary/aromatic N) is 1. The van der Waals surface area contributed by atoms with Gasteiger partial charge in [-0.15, -0.1) is 0 Å². The summed E-state index contributed by atoms with van der Waals surface area (Å²) in [7, 11) is 0. The molecule has 2 aliphatic rings. The van der Waals surface area contributed by atoms with E-state index in [1.54, 1.807) is 0 Å². The highest BCUT2D eigenvalue weighted by Crippen LogP contribution is 2.28. The van der Waals surface area contributed by atoms with Crippen LogP contribution in [0, 0.1) is 0 Å². The number of carbonyl (C=O) groups is 1. The molecule has 0 aromatic carbocycles. The van der Waals surface area contributed by atoms with Crippen molar-refractivity contribution in [1.29, 1.82) is 0 Å². The zero-order valence-corrected chi connectivity index (χ0v) is 12.3. The monoisotopic (exact) mass is 271 g/mol. The van der Waals surface area contributed by atoms with Crippen LogP contribution in [0.25, 0.3) is 0 Å². The highest BCUT2D eigenvalue weighted by molar-refractivity contribution is 7.99. The Morgan fingerprint density at radius 2 is 2.11 bits per heavy atom. The van der Waals surface area contributed by atoms with E-state index in [0.717, 1.165) is 44.3 Å². The zero-order valence-electron chi connectivity index (χ0n) is 11.4. The molecule has 1 heterocycles. The van der Waals surface area contributed by atoms with Crippen molar-refractivity contribution in [3.05, 3.63) is 0 Å². The summed E-state index contributed by atoms with van der Waals surface area (Å²) < 4.78 is 0. The van der Waals surface area contributed by atoms with Gasteiger partial charge < -0.3 is 10.6 Å². The summed E-state index contributed by atoms with van der Waals surface area (Å²) in [6.45, 7) is 5.98. The Labute approximate surface area is 114 Å². The van der Waals surface area contributed by atoms with Gasteiger partial charge in [0.2, 0.25) is 5.91 Å². The lowest BCUT2D eigenvalue weighted by molar-refractivity contribution is -0.126. The molecule has 0 bridgehead atoms. The summed E-state index contributed by atoms with van der Waals surface area (Å²) >= 11 is 1.93. The number of piperazine rings is 1. The Balaban J connectivity index is 1.76. The first-order chi connectivity index (χ1) is 8.70. The van der Waals surface area contributed by atoms with Crippen molar-refractivity contribution >= 4 is 17.7 Å². The first kappa shape index (κ1) is 14.2. The summed E-state index contributed by atoms with van der Waals surface area (Å²) in [5.41, 5.74) is 0. The summed E-state index contributed by atoms with van der Waals surface area (Å²) in [6, 6.07) is 0.417. The average molecular weight is 271 g/mol. The fourth-order valence-electron chi connectivity index (χ4n) is 2.84. The second-order valence-electron chi connectivity index (χ2n) is 5.34. The maximum atomic E-state index is 12.2. The largest absolute Gasteiger partial charge is 0.352 e. The molecule has 104 valence electrons. The Morgan fingerprint density at radius 1 is 1.39 bits per heavy atom. The molecule has 1 aliphatic carbocycles. The van der Waals surface area contributed by atoms with Gasteiger partial charge in [0, 0.05) is 37.5 Å². The van der Waals surface area contributed by atoms with Crippen molar-refractivity contribution in [2.75, 3.05) is 32.4 Å². The molecule has 0 aromatic rings. The van der Waals surface area contributed by atoms with Crippen molar-refractivity contribution < 1.29 is 4.79 Å². The van der Waals surface area contributed by atoms with E-state index in [1.807, 2.05) is 18.7 Å². The number of rotatable bonds is 4. The van der Waals surface area contributed by atoms with E-state index in [0.29, 0.717) is 6.04 Å². The Kier molecular flexibility index (Phi) is 5.33. The van der Waals surface area contributed by atoms with Gasteiger partial charge in [-0.05, 0) is 32.4 Å². The van der Waals surface area contributed by atoms with Crippen LogP contribution in [0.5, 0.6) is 0 Å². The van der Waals surface area contributed by atoms with E-state index in [4.69, 9.17) is 0 Å². The topological polar surface area (TPSA) is 44.4 Å². The summed E-state index contributed by atoms with van der Waals surface area (Å²) in [6.07, 6.45) is 5.69. The molecule has 1 saturated heterocycles. The maximum absolute atomic E-state index is 12.2. The average Bonchev–Trinajstić information content (AvgIpc) is 2.86. The third-order valence-electron chi connectivity index (χ3n) is 4.14. The maximum Gasteiger partial charge on any atom is 0.237 e. The molecule has 2 N–H and O–H groups in total. The Bertz CT molecular complexity index is 281. The van der Waals surface area contributed by atoms with Crippen molar-refractivity contribution in [2.24, 2.45) is 0 Å². The van der Waals surface area contributed by atoms with Gasteiger partial charge in [0.25, 0.3) is 0 Å². The van der Waals surface area contributed by atoms with Crippen LogP contribution in [-0.4, -0.2) is 60.6 Å². The highest BCUT2D eigenvalue weighted by atomic mass is 32.2. The molecule has 3 atom stereocenters. The zero-order chi connectivity index (χ0) is 13.0. The van der Waals surface area contributed by atoms with Crippen LogP contribution in [0.15, 0.2) is 0 Å². The fraction of sp³-hybridized carbons (Fsp3) is 0.923. The Morgan fingerprint density at radius 3 is 2.72 bits per heavy atom. The number of thioether (sulfide) groups is 1. The molecule has 5 heteroatoms. The van der Waals surface area contributed by atoms with Gasteiger partial charge in [-0.25, -0.2) is 0 Å². The number of nitrogens with one attached hydrogen (secondary N) is 2. The number of carbonyl (C=O) groups excluding carboxylic acids is 1. The lowest BCUT2D eigenvalue weighted by atomic mass is 10.2. The lowest BCUT2D eigenvalue weighted by Gasteiger charge is -2.32. The Hall–Kier alpha value is -0.260. The van der Waals surface area contributed by atoms with Crippen LogP contribution in [0.4, 0.5) is 0 Å². The molecule has 2 fully saturated rings. The third-order valence-corrected chi connectivity index (χ3v) is 5.24. The molecule has 0 aromatic heterocycles. The number of hydrogen-bond acceptors (Lipinski definition) is 4. The van der Waals surface area contributed by atoms with Crippen molar-refractivity contribution in [3.63, 3.8) is 0 Å². The molecular weight excluding hydrogens is 246 g/mol. The van der Waals surface area contributed by atoms with Crippen molar-refractivity contribution in [3.8, 4) is 0 Å². The molecule has 1 saturated carbocycles. The fourth-order valence-corrected chi connectivity index (χ4v) is 3.64. The second kappa shape index (κ2) is 6.78. The van der Waals surface area contributed by atoms with E-state index in [2.05, 4.69) is 21.8 Å². The van der Waals surface area contributed by atoms with E-state index in [9.17, 15) is 4.79 Å². The second-order valence-corrected chi connectivity index (χ2v) is 6.48. The number of hydrogen-bond donors (Lipinski definition) is 2. The van der Waals surface area contributed by atoms with E-state index >= 15 is 0 Å². The van der Waals surface area contributed by atoms with Crippen LogP contribution in [0.1, 0.15) is 26.2 Å². The SMILES string of the molecule is CSC1CCC(NC(=O)C(C)N2CCNCC2)C1. The number of amides is 1. The van der Waals surface area contributed by atoms with Gasteiger partial charge in [-0.2, -0.15) is 11.8 Å². The minimum Gasteiger partial charge on any atom is -0.352 e. The van der Waals surface area contributed by atoms with Gasteiger partial charge in [0.15, 0.2) is 0 Å². The molecule has 1 aliphatic heterocycles. The summed E-state index contributed by atoms with van der Waals surface area (Å²) in [4.78, 5) is 14.5. The van der Waals surface area contributed by atoms with Crippen LogP contribution >= 0.6 is 11.8 Å². The van der Waals surface area contributed by atoms with Gasteiger partial charge in [-0.1, -0.05) is 0 Å². The van der Waals surface area contributed by atoms with Crippen LogP contribution in [0.2, 0.25) is 0 Å². The van der Waals surface area contributed by atoms with Gasteiger partial charge in [0.1, 0.15) is 0 Å². The van der Waals surface area contributed by atoms with Crippen LogP contribution in [0.3, 0.4) is 0 Å². The molecule has 4 nitrogen and oxygen atoms in total. The van der Waals surface area contributed by atoms with Crippen molar-refractivity contribution in [1.82, 2.24) is 15.5 Å². The molecule has 3 unspecified atom stereocenters. The lowest BCUT2D eigenvalue weighted by Crippen LogP contribution is -2.53. The smallest absolute Gasteiger partial charge is 0.237 e. The normalized spacial score (nSPS) is 31.2. The predicted molar refractivity (Wildman–Crippen MR) is 77.0 cm³/mol. The molecule has 18 heavy (non-hydrogen) atoms. The molecule has 2 rings (SSSR count). The quantitative estimate of drug-likeness (QED) is 0.789. The van der Waals surface area contributed by atoms with E-state index in [1.165, 1.54) is 6.42 Å². The molecule has 0 spiro atoms. The molecular formula is C13H25N3OS. The van der Waals surface area contributed by atoms with Crippen LogP contribution in [-0.2, 0) is 4.79 Å².